The van der Waals surface area contributed by atoms with Crippen LogP contribution in [0.3, 0.4) is 0 Å². The Morgan fingerprint density at radius 3 is 2.75 bits per heavy atom. The van der Waals surface area contributed by atoms with Gasteiger partial charge in [-0.05, 0) is 43.2 Å². The number of nitrogens with zero attached hydrogens (tertiary/aromatic N) is 2. The van der Waals surface area contributed by atoms with Gasteiger partial charge >= 0.3 is 0 Å². The third-order valence-corrected chi connectivity index (χ3v) is 4.95. The van der Waals surface area contributed by atoms with E-state index in [4.69, 9.17) is 0 Å². The molecule has 1 fully saturated rings. The molecule has 1 aromatic heterocycles. The van der Waals surface area contributed by atoms with Crippen LogP contribution in [0, 0.1) is 0 Å². The number of aromatic nitrogens is 2. The Hall–Kier alpha value is -3.00. The highest BCUT2D eigenvalue weighted by Crippen LogP contribution is 2.21. The molecule has 0 unspecified atom stereocenters. The number of fused-ring (bicyclic) bond motifs is 1. The average Bonchev–Trinajstić information content (AvgIpc) is 3.49. The van der Waals surface area contributed by atoms with Crippen molar-refractivity contribution in [1.29, 1.82) is 0 Å². The zero-order chi connectivity index (χ0) is 19.7. The molecule has 0 atom stereocenters. The summed E-state index contributed by atoms with van der Waals surface area (Å²) in [6.07, 6.45) is 3.31. The summed E-state index contributed by atoms with van der Waals surface area (Å²) in [5, 5.41) is 6.06. The van der Waals surface area contributed by atoms with Crippen molar-refractivity contribution in [3.63, 3.8) is 0 Å². The lowest BCUT2D eigenvalue weighted by Crippen LogP contribution is -2.30. The number of hydrogen-bond donors (Lipinski definition) is 2. The standard InChI is InChI=1S/C20H17BrN4O3/c21-12-5-8-16-15(9-12)20(28)25(11-22-16)10-18(26)24-17-4-2-1-3-14(17)19(27)23-13-6-7-13/h1-5,8-9,11,13H,6-7,10H2,(H,23,27)(H,24,26). The minimum atomic E-state index is -0.412. The predicted molar refractivity (Wildman–Crippen MR) is 109 cm³/mol. The SMILES string of the molecule is O=C(Cn1cnc2ccc(Br)cc2c1=O)Nc1ccccc1C(=O)NC1CC1. The number of benzene rings is 2. The Kier molecular flexibility index (Phi) is 4.95. The largest absolute Gasteiger partial charge is 0.349 e. The molecule has 142 valence electrons. The highest BCUT2D eigenvalue weighted by Gasteiger charge is 2.25. The fourth-order valence-electron chi connectivity index (χ4n) is 2.87. The van der Waals surface area contributed by atoms with E-state index in [1.807, 2.05) is 0 Å². The first-order valence-electron chi connectivity index (χ1n) is 8.86. The van der Waals surface area contributed by atoms with Crippen molar-refractivity contribution in [2.75, 3.05) is 5.32 Å². The van der Waals surface area contributed by atoms with Gasteiger partial charge in [-0.1, -0.05) is 28.1 Å². The second-order valence-corrected chi connectivity index (χ2v) is 7.60. The van der Waals surface area contributed by atoms with E-state index in [1.54, 1.807) is 42.5 Å². The van der Waals surface area contributed by atoms with E-state index in [1.165, 1.54) is 10.9 Å². The number of amides is 2. The van der Waals surface area contributed by atoms with Gasteiger partial charge in [0.2, 0.25) is 5.91 Å². The van der Waals surface area contributed by atoms with E-state index < -0.39 is 5.91 Å². The summed E-state index contributed by atoms with van der Waals surface area (Å²) in [7, 11) is 0. The van der Waals surface area contributed by atoms with Crippen molar-refractivity contribution in [2.45, 2.75) is 25.4 Å². The van der Waals surface area contributed by atoms with Gasteiger partial charge in [-0.2, -0.15) is 0 Å². The quantitative estimate of drug-likeness (QED) is 0.637. The Morgan fingerprint density at radius 1 is 1.18 bits per heavy atom. The van der Waals surface area contributed by atoms with Crippen LogP contribution in [0.5, 0.6) is 0 Å². The maximum Gasteiger partial charge on any atom is 0.261 e. The first-order chi connectivity index (χ1) is 13.5. The van der Waals surface area contributed by atoms with E-state index >= 15 is 0 Å². The molecule has 1 aliphatic rings. The minimum absolute atomic E-state index is 0.202. The van der Waals surface area contributed by atoms with Crippen LogP contribution in [-0.2, 0) is 11.3 Å². The number of halogens is 1. The number of anilines is 1. The zero-order valence-corrected chi connectivity index (χ0v) is 16.4. The van der Waals surface area contributed by atoms with Crippen molar-refractivity contribution in [3.05, 3.63) is 69.2 Å². The zero-order valence-electron chi connectivity index (χ0n) is 14.8. The highest BCUT2D eigenvalue weighted by atomic mass is 79.9. The molecule has 28 heavy (non-hydrogen) atoms. The molecule has 2 amide bonds. The second kappa shape index (κ2) is 7.55. The summed E-state index contributed by atoms with van der Waals surface area (Å²) in [6, 6.07) is 12.2. The maximum absolute atomic E-state index is 12.6. The highest BCUT2D eigenvalue weighted by molar-refractivity contribution is 9.10. The lowest BCUT2D eigenvalue weighted by atomic mass is 10.1. The third-order valence-electron chi connectivity index (χ3n) is 4.46. The van der Waals surface area contributed by atoms with Crippen molar-refractivity contribution in [3.8, 4) is 0 Å². The van der Waals surface area contributed by atoms with Crippen molar-refractivity contribution < 1.29 is 9.59 Å². The molecule has 3 aromatic rings. The van der Waals surface area contributed by atoms with Gasteiger partial charge in [-0.15, -0.1) is 0 Å². The average molecular weight is 441 g/mol. The van der Waals surface area contributed by atoms with Crippen molar-refractivity contribution >= 4 is 44.3 Å². The summed E-state index contributed by atoms with van der Waals surface area (Å²) >= 11 is 3.34. The van der Waals surface area contributed by atoms with Gasteiger partial charge in [0.05, 0.1) is 28.5 Å². The number of rotatable bonds is 5. The van der Waals surface area contributed by atoms with Gasteiger partial charge in [-0.25, -0.2) is 4.98 Å². The first kappa shape index (κ1) is 18.4. The number of nitrogens with one attached hydrogen (secondary N) is 2. The van der Waals surface area contributed by atoms with Gasteiger partial charge in [-0.3, -0.25) is 19.0 Å². The number of carbonyl (C=O) groups is 2. The van der Waals surface area contributed by atoms with Crippen molar-refractivity contribution in [1.82, 2.24) is 14.9 Å². The monoisotopic (exact) mass is 440 g/mol. The normalized spacial score (nSPS) is 13.3. The molecule has 8 heteroatoms. The molecule has 1 heterocycles. The van der Waals surface area contributed by atoms with Gasteiger partial charge in [0, 0.05) is 10.5 Å². The van der Waals surface area contributed by atoms with Gasteiger partial charge < -0.3 is 10.6 Å². The summed E-state index contributed by atoms with van der Waals surface area (Å²) < 4.78 is 2.01. The fourth-order valence-corrected chi connectivity index (χ4v) is 3.23. The molecule has 0 saturated heterocycles. The molecule has 4 rings (SSSR count). The molecular formula is C20H17BrN4O3. The van der Waals surface area contributed by atoms with Crippen LogP contribution in [0.4, 0.5) is 5.69 Å². The van der Waals surface area contributed by atoms with E-state index in [2.05, 4.69) is 31.5 Å². The molecule has 0 spiro atoms. The molecule has 2 aromatic carbocycles. The molecule has 0 aliphatic heterocycles. The van der Waals surface area contributed by atoms with Gasteiger partial charge in [0.1, 0.15) is 6.54 Å². The Bertz CT molecular complexity index is 1140. The van der Waals surface area contributed by atoms with Gasteiger partial charge in [0.15, 0.2) is 0 Å². The minimum Gasteiger partial charge on any atom is -0.349 e. The van der Waals surface area contributed by atoms with Crippen molar-refractivity contribution in [2.24, 2.45) is 0 Å². The summed E-state index contributed by atoms with van der Waals surface area (Å²) in [5.41, 5.74) is 1.07. The molecule has 7 nitrogen and oxygen atoms in total. The Labute approximate surface area is 168 Å². The summed E-state index contributed by atoms with van der Waals surface area (Å²) in [5.74, 6) is -0.627. The molecule has 1 aliphatic carbocycles. The third kappa shape index (κ3) is 3.96. The van der Waals surface area contributed by atoms with Crippen LogP contribution in [0.1, 0.15) is 23.2 Å². The van der Waals surface area contributed by atoms with E-state index in [0.717, 1.165) is 17.3 Å². The Balaban J connectivity index is 1.54. The smallest absolute Gasteiger partial charge is 0.261 e. The summed E-state index contributed by atoms with van der Waals surface area (Å²) in [4.78, 5) is 41.7. The van der Waals surface area contributed by atoms with Crippen LogP contribution < -0.4 is 16.2 Å². The molecule has 0 radical (unpaired) electrons. The molecule has 0 bridgehead atoms. The second-order valence-electron chi connectivity index (χ2n) is 6.68. The van der Waals surface area contributed by atoms with Crippen LogP contribution in [0.15, 0.2) is 58.1 Å². The predicted octanol–water partition coefficient (Wildman–Crippen LogP) is 2.69. The number of hydrogen-bond acceptors (Lipinski definition) is 4. The lowest BCUT2D eigenvalue weighted by Gasteiger charge is -2.12. The molecule has 2 N–H and O–H groups in total. The number of para-hydroxylation sites is 1. The van der Waals surface area contributed by atoms with Crippen LogP contribution in [0.2, 0.25) is 0 Å². The summed E-state index contributed by atoms with van der Waals surface area (Å²) in [6.45, 7) is -0.202. The first-order valence-corrected chi connectivity index (χ1v) is 9.65. The van der Waals surface area contributed by atoms with Crippen LogP contribution in [0.25, 0.3) is 10.9 Å². The van der Waals surface area contributed by atoms with E-state index in [-0.39, 0.29) is 24.1 Å². The van der Waals surface area contributed by atoms with E-state index in [9.17, 15) is 14.4 Å². The molecular weight excluding hydrogens is 424 g/mol. The maximum atomic E-state index is 12.6. The lowest BCUT2D eigenvalue weighted by molar-refractivity contribution is -0.116. The van der Waals surface area contributed by atoms with Gasteiger partial charge in [0.25, 0.3) is 11.5 Å². The number of carbonyl (C=O) groups excluding carboxylic acids is 2. The van der Waals surface area contributed by atoms with Crippen LogP contribution in [-0.4, -0.2) is 27.4 Å². The fraction of sp³-hybridized carbons (Fsp3) is 0.200. The van der Waals surface area contributed by atoms with Crippen LogP contribution >= 0.6 is 15.9 Å². The van der Waals surface area contributed by atoms with E-state index in [0.29, 0.717) is 22.2 Å². The Morgan fingerprint density at radius 2 is 1.96 bits per heavy atom. The topological polar surface area (TPSA) is 93.1 Å². The molecule has 1 saturated carbocycles.